The fourth-order valence-electron chi connectivity index (χ4n) is 3.14. The molecule has 0 bridgehead atoms. The number of carbonyl (C=O) groups is 1. The van der Waals surface area contributed by atoms with Crippen molar-refractivity contribution in [2.45, 2.75) is 18.7 Å². The fraction of sp³-hybridized carbons (Fsp3) is 0.120. The van der Waals surface area contributed by atoms with Gasteiger partial charge in [0.25, 0.3) is 15.9 Å². The number of benzene rings is 3. The van der Waals surface area contributed by atoms with E-state index < -0.39 is 10.0 Å². The van der Waals surface area contributed by atoms with Gasteiger partial charge in [0, 0.05) is 22.2 Å². The molecule has 1 aromatic heterocycles. The number of hydrogen-bond donors (Lipinski definition) is 2. The van der Waals surface area contributed by atoms with E-state index >= 15 is 0 Å². The number of thiazole rings is 1. The van der Waals surface area contributed by atoms with Gasteiger partial charge < -0.3 is 4.74 Å². The van der Waals surface area contributed by atoms with Crippen molar-refractivity contribution in [2.24, 2.45) is 0 Å². The minimum Gasteiger partial charge on any atom is -0.494 e. The lowest BCUT2D eigenvalue weighted by atomic mass is 10.2. The van der Waals surface area contributed by atoms with Crippen LogP contribution >= 0.6 is 11.3 Å². The van der Waals surface area contributed by atoms with Crippen LogP contribution in [0.1, 0.15) is 22.8 Å². The van der Waals surface area contributed by atoms with Crippen LogP contribution in [0.3, 0.4) is 0 Å². The van der Waals surface area contributed by atoms with Crippen LogP contribution in [0, 0.1) is 6.92 Å². The van der Waals surface area contributed by atoms with E-state index in [9.17, 15) is 13.2 Å². The second-order valence-corrected chi connectivity index (χ2v) is 9.99. The quantitative estimate of drug-likeness (QED) is 0.334. The predicted molar refractivity (Wildman–Crippen MR) is 135 cm³/mol. The molecule has 0 fully saturated rings. The van der Waals surface area contributed by atoms with Crippen molar-refractivity contribution in [3.05, 3.63) is 89.3 Å². The number of amides is 1. The second-order valence-electron chi connectivity index (χ2n) is 7.45. The number of anilines is 2. The highest BCUT2D eigenvalue weighted by molar-refractivity contribution is 7.92. The van der Waals surface area contributed by atoms with E-state index in [1.54, 1.807) is 48.5 Å². The molecule has 2 N–H and O–H groups in total. The van der Waals surface area contributed by atoms with Crippen LogP contribution in [0.15, 0.2) is 83.1 Å². The molecule has 0 saturated heterocycles. The molecule has 0 atom stereocenters. The smallest absolute Gasteiger partial charge is 0.261 e. The summed E-state index contributed by atoms with van der Waals surface area (Å²) < 4.78 is 33.1. The van der Waals surface area contributed by atoms with Gasteiger partial charge in [0.1, 0.15) is 5.75 Å². The molecule has 0 aliphatic rings. The molecule has 0 unspecified atom stereocenters. The molecule has 1 amide bonds. The number of aryl methyl sites for hydroxylation is 1. The summed E-state index contributed by atoms with van der Waals surface area (Å²) in [6.07, 6.45) is 0. The Labute approximate surface area is 202 Å². The van der Waals surface area contributed by atoms with Gasteiger partial charge in [-0.05, 0) is 74.5 Å². The summed E-state index contributed by atoms with van der Waals surface area (Å²) in [5.41, 5.74) is 3.40. The average molecular weight is 494 g/mol. The summed E-state index contributed by atoms with van der Waals surface area (Å²) in [6.45, 7) is 4.42. The summed E-state index contributed by atoms with van der Waals surface area (Å²) in [7, 11) is -3.71. The highest BCUT2D eigenvalue weighted by atomic mass is 32.2. The van der Waals surface area contributed by atoms with Gasteiger partial charge in [0.2, 0.25) is 0 Å². The van der Waals surface area contributed by atoms with E-state index in [2.05, 4.69) is 15.0 Å². The molecule has 4 aromatic rings. The standard InChI is InChI=1S/C25H23N3O4S2/c1-3-32-21-12-8-18(9-13-21)23-16-33-25(26-23)27-24(29)19-6-10-20(11-7-19)28-34(30,31)22-14-4-17(2)5-15-22/h4-16,28H,3H2,1-2H3,(H,26,27,29). The number of nitrogens with zero attached hydrogens (tertiary/aromatic N) is 1. The minimum atomic E-state index is -3.71. The van der Waals surface area contributed by atoms with E-state index in [0.717, 1.165) is 22.6 Å². The van der Waals surface area contributed by atoms with Crippen molar-refractivity contribution < 1.29 is 17.9 Å². The lowest BCUT2D eigenvalue weighted by Gasteiger charge is -2.09. The number of aromatic nitrogens is 1. The molecule has 3 aromatic carbocycles. The van der Waals surface area contributed by atoms with Gasteiger partial charge in [-0.2, -0.15) is 0 Å². The van der Waals surface area contributed by atoms with Gasteiger partial charge in [0.05, 0.1) is 17.2 Å². The van der Waals surface area contributed by atoms with Gasteiger partial charge in [-0.3, -0.25) is 14.8 Å². The van der Waals surface area contributed by atoms with Crippen molar-refractivity contribution in [3.63, 3.8) is 0 Å². The van der Waals surface area contributed by atoms with Gasteiger partial charge in [-0.15, -0.1) is 11.3 Å². The second kappa shape index (κ2) is 10.1. The SMILES string of the molecule is CCOc1ccc(-c2csc(NC(=O)c3ccc(NS(=O)(=O)c4ccc(C)cc4)cc3)n2)cc1. The third kappa shape index (κ3) is 5.62. The van der Waals surface area contributed by atoms with Crippen LogP contribution in [0.5, 0.6) is 5.75 Å². The fourth-order valence-corrected chi connectivity index (χ4v) is 4.92. The maximum absolute atomic E-state index is 12.6. The summed E-state index contributed by atoms with van der Waals surface area (Å²) >= 11 is 1.33. The molecule has 0 saturated carbocycles. The largest absolute Gasteiger partial charge is 0.494 e. The Morgan fingerprint density at radius 3 is 2.29 bits per heavy atom. The number of ether oxygens (including phenoxy) is 1. The monoisotopic (exact) mass is 493 g/mol. The molecule has 0 aliphatic heterocycles. The van der Waals surface area contributed by atoms with Gasteiger partial charge in [-0.25, -0.2) is 13.4 Å². The Morgan fingerprint density at radius 1 is 0.971 bits per heavy atom. The molecule has 0 aliphatic carbocycles. The summed E-state index contributed by atoms with van der Waals surface area (Å²) in [4.78, 5) is 17.3. The van der Waals surface area contributed by atoms with E-state index in [1.807, 2.05) is 43.5 Å². The molecule has 4 rings (SSSR count). The van der Waals surface area contributed by atoms with E-state index in [4.69, 9.17) is 4.74 Å². The number of sulfonamides is 1. The number of nitrogens with one attached hydrogen (secondary N) is 2. The predicted octanol–water partition coefficient (Wildman–Crippen LogP) is 5.57. The van der Waals surface area contributed by atoms with Crippen LogP contribution in [0.25, 0.3) is 11.3 Å². The highest BCUT2D eigenvalue weighted by Crippen LogP contribution is 2.27. The van der Waals surface area contributed by atoms with Crippen molar-refractivity contribution in [2.75, 3.05) is 16.6 Å². The number of rotatable bonds is 8. The molecule has 0 radical (unpaired) electrons. The normalized spacial score (nSPS) is 11.1. The molecule has 34 heavy (non-hydrogen) atoms. The van der Waals surface area contributed by atoms with Crippen molar-refractivity contribution in [1.82, 2.24) is 4.98 Å². The zero-order valence-corrected chi connectivity index (χ0v) is 20.2. The van der Waals surface area contributed by atoms with Gasteiger partial charge >= 0.3 is 0 Å². The van der Waals surface area contributed by atoms with Gasteiger partial charge in [0.15, 0.2) is 5.13 Å². The van der Waals surface area contributed by atoms with Crippen LogP contribution in [-0.4, -0.2) is 25.9 Å². The van der Waals surface area contributed by atoms with Gasteiger partial charge in [-0.1, -0.05) is 17.7 Å². The Morgan fingerprint density at radius 2 is 1.65 bits per heavy atom. The summed E-state index contributed by atoms with van der Waals surface area (Å²) in [5, 5.41) is 5.12. The lowest BCUT2D eigenvalue weighted by molar-refractivity contribution is 0.102. The zero-order chi connectivity index (χ0) is 24.1. The Bertz CT molecular complexity index is 1380. The summed E-state index contributed by atoms with van der Waals surface area (Å²) in [6, 6.07) is 20.4. The number of hydrogen-bond acceptors (Lipinski definition) is 6. The highest BCUT2D eigenvalue weighted by Gasteiger charge is 2.15. The first-order valence-corrected chi connectivity index (χ1v) is 12.9. The van der Waals surface area contributed by atoms with Crippen molar-refractivity contribution in [1.29, 1.82) is 0 Å². The molecular weight excluding hydrogens is 470 g/mol. The van der Waals surface area contributed by atoms with Crippen LogP contribution in [-0.2, 0) is 10.0 Å². The maximum atomic E-state index is 12.6. The van der Waals surface area contributed by atoms with E-state index in [-0.39, 0.29) is 10.8 Å². The first kappa shape index (κ1) is 23.5. The Balaban J connectivity index is 1.40. The Hall–Kier alpha value is -3.69. The molecule has 7 nitrogen and oxygen atoms in total. The molecule has 1 heterocycles. The van der Waals surface area contributed by atoms with Crippen LogP contribution in [0.2, 0.25) is 0 Å². The third-order valence-corrected chi connectivity index (χ3v) is 7.07. The lowest BCUT2D eigenvalue weighted by Crippen LogP contribution is -2.14. The maximum Gasteiger partial charge on any atom is 0.261 e. The number of carbonyl (C=O) groups excluding carboxylic acids is 1. The first-order chi connectivity index (χ1) is 16.3. The molecular formula is C25H23N3O4S2. The van der Waals surface area contributed by atoms with Crippen molar-refractivity contribution >= 4 is 38.1 Å². The Kier molecular flexibility index (Phi) is 6.95. The van der Waals surface area contributed by atoms with E-state index in [0.29, 0.717) is 23.0 Å². The van der Waals surface area contributed by atoms with Crippen LogP contribution in [0.4, 0.5) is 10.8 Å². The third-order valence-electron chi connectivity index (χ3n) is 4.92. The first-order valence-electron chi connectivity index (χ1n) is 10.5. The van der Waals surface area contributed by atoms with E-state index in [1.165, 1.54) is 11.3 Å². The van der Waals surface area contributed by atoms with Crippen LogP contribution < -0.4 is 14.8 Å². The summed E-state index contributed by atoms with van der Waals surface area (Å²) in [5.74, 6) is 0.458. The molecule has 9 heteroatoms. The molecule has 0 spiro atoms. The topological polar surface area (TPSA) is 97.4 Å². The molecule has 174 valence electrons. The minimum absolute atomic E-state index is 0.173. The van der Waals surface area contributed by atoms with Crippen molar-refractivity contribution in [3.8, 4) is 17.0 Å². The average Bonchev–Trinajstić information content (AvgIpc) is 3.29. The zero-order valence-electron chi connectivity index (χ0n) is 18.6.